The maximum absolute atomic E-state index is 6.01. The van der Waals surface area contributed by atoms with Crippen LogP contribution in [0.3, 0.4) is 0 Å². The first-order valence-electron chi connectivity index (χ1n) is 7.79. The van der Waals surface area contributed by atoms with Gasteiger partial charge in [0, 0.05) is 13.0 Å². The van der Waals surface area contributed by atoms with Crippen molar-refractivity contribution < 1.29 is 4.74 Å². The molecule has 1 unspecified atom stereocenters. The van der Waals surface area contributed by atoms with Crippen LogP contribution in [-0.2, 0) is 6.42 Å². The summed E-state index contributed by atoms with van der Waals surface area (Å²) >= 11 is 0. The zero-order valence-electron chi connectivity index (χ0n) is 13.4. The predicted octanol–water partition coefficient (Wildman–Crippen LogP) is 3.57. The highest BCUT2D eigenvalue weighted by atomic mass is 16.5. The van der Waals surface area contributed by atoms with Gasteiger partial charge in [-0.1, -0.05) is 45.4 Å². The highest BCUT2D eigenvalue weighted by Crippen LogP contribution is 2.67. The third-order valence-electron chi connectivity index (χ3n) is 6.00. The van der Waals surface area contributed by atoms with E-state index in [9.17, 15) is 0 Å². The highest BCUT2D eigenvalue weighted by molar-refractivity contribution is 5.40. The molecule has 1 aliphatic carbocycles. The molecule has 1 heterocycles. The number of aryl methyl sites for hydroxylation is 1. The zero-order chi connectivity index (χ0) is 14.5. The lowest BCUT2D eigenvalue weighted by atomic mass is 10.0. The van der Waals surface area contributed by atoms with Crippen LogP contribution in [0.5, 0.6) is 5.75 Å². The lowest BCUT2D eigenvalue weighted by Gasteiger charge is -2.12. The summed E-state index contributed by atoms with van der Waals surface area (Å²) in [6.45, 7) is 13.7. The molecule has 0 aromatic heterocycles. The fourth-order valence-corrected chi connectivity index (χ4v) is 3.80. The standard InChI is InChI=1S/C18H27NO/c1-12-6-7-15-13(8-12)9-14(20-15)10-19-11-16-17(2,3)18(16,4)5/h6-8,14,16,19H,9-11H2,1-5H3. The van der Waals surface area contributed by atoms with Crippen LogP contribution >= 0.6 is 0 Å². The molecule has 2 heteroatoms. The van der Waals surface area contributed by atoms with E-state index >= 15 is 0 Å². The summed E-state index contributed by atoms with van der Waals surface area (Å²) in [6, 6.07) is 6.49. The van der Waals surface area contributed by atoms with E-state index in [1.807, 2.05) is 0 Å². The molecular formula is C18H27NO. The molecule has 0 radical (unpaired) electrons. The molecule has 1 aromatic rings. The fourth-order valence-electron chi connectivity index (χ4n) is 3.80. The van der Waals surface area contributed by atoms with E-state index in [-0.39, 0.29) is 0 Å². The molecule has 0 amide bonds. The topological polar surface area (TPSA) is 21.3 Å². The minimum absolute atomic E-state index is 0.303. The van der Waals surface area contributed by atoms with Crippen molar-refractivity contribution in [3.8, 4) is 5.75 Å². The zero-order valence-corrected chi connectivity index (χ0v) is 13.4. The Bertz CT molecular complexity index is 504. The quantitative estimate of drug-likeness (QED) is 0.905. The van der Waals surface area contributed by atoms with Crippen molar-refractivity contribution in [3.05, 3.63) is 29.3 Å². The molecule has 3 rings (SSSR count). The van der Waals surface area contributed by atoms with Gasteiger partial charge < -0.3 is 10.1 Å². The summed E-state index contributed by atoms with van der Waals surface area (Å²) in [7, 11) is 0. The lowest BCUT2D eigenvalue weighted by molar-refractivity contribution is 0.226. The second-order valence-corrected chi connectivity index (χ2v) is 7.71. The maximum Gasteiger partial charge on any atom is 0.123 e. The average Bonchev–Trinajstić information content (AvgIpc) is 2.68. The number of ether oxygens (including phenoxy) is 1. The van der Waals surface area contributed by atoms with Crippen LogP contribution in [-0.4, -0.2) is 19.2 Å². The van der Waals surface area contributed by atoms with Gasteiger partial charge >= 0.3 is 0 Å². The van der Waals surface area contributed by atoms with Crippen LogP contribution < -0.4 is 10.1 Å². The molecule has 2 aliphatic rings. The second-order valence-electron chi connectivity index (χ2n) is 7.71. The smallest absolute Gasteiger partial charge is 0.123 e. The number of fused-ring (bicyclic) bond motifs is 1. The predicted molar refractivity (Wildman–Crippen MR) is 83.2 cm³/mol. The molecule has 1 saturated carbocycles. The van der Waals surface area contributed by atoms with Gasteiger partial charge in [-0.15, -0.1) is 0 Å². The Labute approximate surface area is 122 Å². The van der Waals surface area contributed by atoms with Crippen LogP contribution in [0.1, 0.15) is 38.8 Å². The second kappa shape index (κ2) is 4.49. The maximum atomic E-state index is 6.01. The Kier molecular flexibility index (Phi) is 3.13. The van der Waals surface area contributed by atoms with Gasteiger partial charge in [-0.05, 0) is 41.8 Å². The monoisotopic (exact) mass is 273 g/mol. The van der Waals surface area contributed by atoms with Gasteiger partial charge in [0.1, 0.15) is 11.9 Å². The number of hydrogen-bond donors (Lipinski definition) is 1. The molecule has 1 aliphatic heterocycles. The molecule has 0 spiro atoms. The molecule has 1 aromatic carbocycles. The van der Waals surface area contributed by atoms with Gasteiger partial charge in [-0.3, -0.25) is 0 Å². The Morgan fingerprint density at radius 2 is 1.85 bits per heavy atom. The number of rotatable bonds is 4. The fraction of sp³-hybridized carbons (Fsp3) is 0.667. The van der Waals surface area contributed by atoms with E-state index in [4.69, 9.17) is 4.74 Å². The van der Waals surface area contributed by atoms with Crippen molar-refractivity contribution in [2.75, 3.05) is 13.1 Å². The van der Waals surface area contributed by atoms with Crippen LogP contribution in [0.4, 0.5) is 0 Å². The minimum Gasteiger partial charge on any atom is -0.488 e. The SMILES string of the molecule is Cc1ccc2c(c1)CC(CNCC1C(C)(C)C1(C)C)O2. The Morgan fingerprint density at radius 3 is 2.50 bits per heavy atom. The molecule has 1 N–H and O–H groups in total. The Morgan fingerprint density at radius 1 is 1.15 bits per heavy atom. The van der Waals surface area contributed by atoms with Crippen molar-refractivity contribution in [3.63, 3.8) is 0 Å². The molecule has 20 heavy (non-hydrogen) atoms. The van der Waals surface area contributed by atoms with Gasteiger partial charge in [0.2, 0.25) is 0 Å². The summed E-state index contributed by atoms with van der Waals surface area (Å²) in [5, 5.41) is 3.62. The van der Waals surface area contributed by atoms with Crippen LogP contribution in [0.25, 0.3) is 0 Å². The average molecular weight is 273 g/mol. The lowest BCUT2D eigenvalue weighted by Crippen LogP contribution is -2.32. The van der Waals surface area contributed by atoms with E-state index in [0.29, 0.717) is 16.9 Å². The number of benzene rings is 1. The van der Waals surface area contributed by atoms with Crippen molar-refractivity contribution in [2.45, 2.75) is 47.1 Å². The molecule has 110 valence electrons. The summed E-state index contributed by atoms with van der Waals surface area (Å²) in [4.78, 5) is 0. The van der Waals surface area contributed by atoms with Crippen LogP contribution in [0.2, 0.25) is 0 Å². The molecule has 1 fully saturated rings. The molecule has 0 saturated heterocycles. The van der Waals surface area contributed by atoms with Crippen molar-refractivity contribution in [2.24, 2.45) is 16.7 Å². The minimum atomic E-state index is 0.303. The van der Waals surface area contributed by atoms with Crippen LogP contribution in [0, 0.1) is 23.7 Å². The third kappa shape index (κ3) is 2.14. The van der Waals surface area contributed by atoms with E-state index < -0.39 is 0 Å². The molecule has 1 atom stereocenters. The summed E-state index contributed by atoms with van der Waals surface area (Å²) in [6.07, 6.45) is 1.35. The van der Waals surface area contributed by atoms with Crippen molar-refractivity contribution >= 4 is 0 Å². The third-order valence-corrected chi connectivity index (χ3v) is 6.00. The first kappa shape index (κ1) is 13.9. The summed E-state index contributed by atoms with van der Waals surface area (Å²) in [5.41, 5.74) is 3.62. The number of hydrogen-bond acceptors (Lipinski definition) is 2. The Balaban J connectivity index is 1.48. The van der Waals surface area contributed by atoms with Gasteiger partial charge in [0.25, 0.3) is 0 Å². The van der Waals surface area contributed by atoms with Crippen molar-refractivity contribution in [1.82, 2.24) is 5.32 Å². The van der Waals surface area contributed by atoms with Gasteiger partial charge in [-0.25, -0.2) is 0 Å². The number of nitrogens with one attached hydrogen (secondary N) is 1. The largest absolute Gasteiger partial charge is 0.488 e. The molecule has 0 bridgehead atoms. The molecular weight excluding hydrogens is 246 g/mol. The first-order chi connectivity index (χ1) is 9.32. The van der Waals surface area contributed by atoms with Gasteiger partial charge in [-0.2, -0.15) is 0 Å². The van der Waals surface area contributed by atoms with E-state index in [2.05, 4.69) is 58.1 Å². The van der Waals surface area contributed by atoms with E-state index in [0.717, 1.165) is 31.2 Å². The highest BCUT2D eigenvalue weighted by Gasteiger charge is 2.63. The summed E-state index contributed by atoms with van der Waals surface area (Å²) in [5.74, 6) is 1.86. The van der Waals surface area contributed by atoms with Crippen LogP contribution in [0.15, 0.2) is 18.2 Å². The summed E-state index contributed by atoms with van der Waals surface area (Å²) < 4.78 is 6.01. The molecule has 2 nitrogen and oxygen atoms in total. The first-order valence-corrected chi connectivity index (χ1v) is 7.79. The van der Waals surface area contributed by atoms with E-state index in [1.54, 1.807) is 0 Å². The van der Waals surface area contributed by atoms with Gasteiger partial charge in [0.15, 0.2) is 0 Å². The Hall–Kier alpha value is -1.02. The van der Waals surface area contributed by atoms with Gasteiger partial charge in [0.05, 0.1) is 0 Å². The normalized spacial score (nSPS) is 26.1. The van der Waals surface area contributed by atoms with E-state index in [1.165, 1.54) is 11.1 Å². The van der Waals surface area contributed by atoms with Crippen molar-refractivity contribution in [1.29, 1.82) is 0 Å².